The number of carbonyl (C=O) groups is 1. The van der Waals surface area contributed by atoms with Gasteiger partial charge in [0.05, 0.1) is 29.1 Å². The van der Waals surface area contributed by atoms with Crippen molar-refractivity contribution < 1.29 is 9.90 Å². The van der Waals surface area contributed by atoms with Crippen LogP contribution in [0.5, 0.6) is 0 Å². The van der Waals surface area contributed by atoms with E-state index in [9.17, 15) is 9.90 Å². The highest BCUT2D eigenvalue weighted by molar-refractivity contribution is 6.12. The highest BCUT2D eigenvalue weighted by Crippen LogP contribution is 2.24. The Balaban J connectivity index is 2.42. The highest BCUT2D eigenvalue weighted by Gasteiger charge is 2.18. The first-order valence-corrected chi connectivity index (χ1v) is 7.17. The molecule has 1 aromatic rings. The van der Waals surface area contributed by atoms with Gasteiger partial charge < -0.3 is 21.6 Å². The maximum Gasteiger partial charge on any atom is 0.252 e. The van der Waals surface area contributed by atoms with E-state index in [1.165, 1.54) is 0 Å². The van der Waals surface area contributed by atoms with E-state index in [0.717, 1.165) is 23.0 Å². The molecule has 0 atom stereocenters. The van der Waals surface area contributed by atoms with E-state index in [1.807, 2.05) is 19.2 Å². The number of dihydropyridines is 1. The van der Waals surface area contributed by atoms with Crippen molar-refractivity contribution in [3.8, 4) is 0 Å². The average Bonchev–Trinajstić information content (AvgIpc) is 2.78. The van der Waals surface area contributed by atoms with Crippen LogP contribution in [0.3, 0.4) is 0 Å². The van der Waals surface area contributed by atoms with E-state index in [4.69, 9.17) is 11.1 Å². The van der Waals surface area contributed by atoms with Crippen LogP contribution in [0.25, 0.3) is 5.57 Å². The number of rotatable bonds is 5. The summed E-state index contributed by atoms with van der Waals surface area (Å²) in [5.74, 6) is -0.664. The molecule has 5 N–H and O–H groups in total. The summed E-state index contributed by atoms with van der Waals surface area (Å²) in [6, 6.07) is 0. The number of aliphatic hydroxyl groups is 1. The Bertz CT molecular complexity index is 732. The van der Waals surface area contributed by atoms with Crippen LogP contribution >= 0.6 is 0 Å². The zero-order valence-electron chi connectivity index (χ0n) is 13.4. The molecule has 2 heterocycles. The van der Waals surface area contributed by atoms with Gasteiger partial charge in [0.25, 0.3) is 5.91 Å². The summed E-state index contributed by atoms with van der Waals surface area (Å²) in [7, 11) is 0. The van der Waals surface area contributed by atoms with Gasteiger partial charge in [-0.15, -0.1) is 0 Å². The number of carbonyl (C=O) groups excluding carboxylic acids is 1. The van der Waals surface area contributed by atoms with E-state index in [-0.39, 0.29) is 5.57 Å². The lowest BCUT2D eigenvalue weighted by Crippen LogP contribution is -2.26. The summed E-state index contributed by atoms with van der Waals surface area (Å²) in [5.41, 5.74) is 7.53. The molecule has 0 unspecified atom stereocenters. The minimum absolute atomic E-state index is 0.105. The number of nitrogens with one attached hydrogen (secondary N) is 2. The van der Waals surface area contributed by atoms with Crippen molar-refractivity contribution in [2.45, 2.75) is 32.9 Å². The third-order valence-electron chi connectivity index (χ3n) is 3.31. The molecule has 1 amide bonds. The van der Waals surface area contributed by atoms with Gasteiger partial charge in [-0.1, -0.05) is 0 Å². The molecule has 1 aliphatic rings. The number of aryl methyl sites for hydroxylation is 1. The monoisotopic (exact) mass is 315 g/mol. The lowest BCUT2D eigenvalue weighted by molar-refractivity contribution is -0.114. The number of nitrogens with zero attached hydrogens (tertiary/aromatic N) is 2. The average molecular weight is 315 g/mol. The number of primary amides is 1. The predicted octanol–water partition coefficient (Wildman–Crippen LogP) is 0.852. The topological polar surface area (TPSA) is 117 Å². The molecule has 1 aliphatic heterocycles. The molecule has 1 aromatic heterocycles. The molecule has 0 aliphatic carbocycles. The van der Waals surface area contributed by atoms with Crippen molar-refractivity contribution in [2.24, 2.45) is 5.73 Å². The molecular weight excluding hydrogens is 294 g/mol. The third kappa shape index (κ3) is 3.95. The molecule has 0 saturated heterocycles. The van der Waals surface area contributed by atoms with Gasteiger partial charge >= 0.3 is 0 Å². The summed E-state index contributed by atoms with van der Waals surface area (Å²) in [6.45, 7) is 5.69. The second-order valence-corrected chi connectivity index (χ2v) is 6.05. The van der Waals surface area contributed by atoms with Crippen molar-refractivity contribution in [3.63, 3.8) is 0 Å². The maximum atomic E-state index is 11.4. The first-order chi connectivity index (χ1) is 10.7. The second kappa shape index (κ2) is 6.21. The summed E-state index contributed by atoms with van der Waals surface area (Å²) < 4.78 is 1.69. The normalized spacial score (nSPS) is 16.6. The molecule has 0 bridgehead atoms. The van der Waals surface area contributed by atoms with Crippen molar-refractivity contribution >= 4 is 17.7 Å². The number of hydrogen-bond acceptors (Lipinski definition) is 5. The van der Waals surface area contributed by atoms with Crippen LogP contribution in [-0.4, -0.2) is 32.6 Å². The summed E-state index contributed by atoms with van der Waals surface area (Å²) in [5, 5.41) is 24.6. The Hall–Kier alpha value is -2.67. The Morgan fingerprint density at radius 3 is 2.83 bits per heavy atom. The fourth-order valence-electron chi connectivity index (χ4n) is 2.35. The van der Waals surface area contributed by atoms with Gasteiger partial charge in [0.15, 0.2) is 0 Å². The number of aromatic nitrogens is 2. The fourth-order valence-corrected chi connectivity index (χ4v) is 2.35. The minimum atomic E-state index is -0.863. The first kappa shape index (κ1) is 16.7. The van der Waals surface area contributed by atoms with Crippen LogP contribution in [0.2, 0.25) is 0 Å². The quantitative estimate of drug-likeness (QED) is 0.476. The Morgan fingerprint density at radius 2 is 2.26 bits per heavy atom. The van der Waals surface area contributed by atoms with Gasteiger partial charge in [0.1, 0.15) is 0 Å². The molecule has 7 heteroatoms. The van der Waals surface area contributed by atoms with Crippen LogP contribution in [0.1, 0.15) is 25.1 Å². The summed E-state index contributed by atoms with van der Waals surface area (Å²) in [6.07, 6.45) is 8.07. The zero-order valence-corrected chi connectivity index (χ0v) is 13.4. The van der Waals surface area contributed by atoms with E-state index in [2.05, 4.69) is 10.4 Å². The van der Waals surface area contributed by atoms with Crippen LogP contribution in [0.15, 0.2) is 35.8 Å². The SMILES string of the molecule is Cc1nn(CC(C)(C)O)cc1C1=C/C(=C(/C=N)C(N)=O)NC=C1. The Morgan fingerprint density at radius 1 is 1.57 bits per heavy atom. The number of amides is 1. The minimum Gasteiger partial charge on any atom is -0.389 e. The van der Waals surface area contributed by atoms with Crippen molar-refractivity contribution in [1.29, 1.82) is 5.41 Å². The molecule has 0 spiro atoms. The summed E-state index contributed by atoms with van der Waals surface area (Å²) >= 11 is 0. The Labute approximate surface area is 134 Å². The molecule has 23 heavy (non-hydrogen) atoms. The molecule has 7 nitrogen and oxygen atoms in total. The molecular formula is C16H21N5O2. The fraction of sp³-hybridized carbons (Fsp3) is 0.312. The number of nitrogens with two attached hydrogens (primary N) is 1. The standard InChI is InChI=1S/C16H21N5O2/c1-10-13(8-21(20-10)9-16(2,3)23)11-4-5-19-14(6-11)12(7-17)15(18)22/h4-8,17,19,23H,9H2,1-3H3,(H2,18,22)/b14-12+,17-7?. The van der Waals surface area contributed by atoms with E-state index in [1.54, 1.807) is 30.8 Å². The number of allylic oxidation sites excluding steroid dienone is 3. The third-order valence-corrected chi connectivity index (χ3v) is 3.31. The molecule has 0 fully saturated rings. The van der Waals surface area contributed by atoms with Crippen molar-refractivity contribution in [3.05, 3.63) is 47.1 Å². The van der Waals surface area contributed by atoms with E-state index >= 15 is 0 Å². The van der Waals surface area contributed by atoms with Crippen molar-refractivity contribution in [1.82, 2.24) is 15.1 Å². The summed E-state index contributed by atoms with van der Waals surface area (Å²) in [4.78, 5) is 11.4. The van der Waals surface area contributed by atoms with Gasteiger partial charge in [-0.25, -0.2) is 0 Å². The van der Waals surface area contributed by atoms with Gasteiger partial charge in [-0.2, -0.15) is 5.10 Å². The van der Waals surface area contributed by atoms with Crippen LogP contribution in [0, 0.1) is 12.3 Å². The van der Waals surface area contributed by atoms with Gasteiger partial charge in [0, 0.05) is 24.2 Å². The smallest absolute Gasteiger partial charge is 0.252 e. The van der Waals surface area contributed by atoms with E-state index in [0.29, 0.717) is 12.2 Å². The predicted molar refractivity (Wildman–Crippen MR) is 88.5 cm³/mol. The number of hydrogen-bond donors (Lipinski definition) is 4. The highest BCUT2D eigenvalue weighted by atomic mass is 16.3. The van der Waals surface area contributed by atoms with E-state index < -0.39 is 11.5 Å². The lowest BCUT2D eigenvalue weighted by atomic mass is 10.0. The van der Waals surface area contributed by atoms with Gasteiger partial charge in [-0.3, -0.25) is 9.48 Å². The zero-order chi connectivity index (χ0) is 17.2. The molecule has 2 rings (SSSR count). The van der Waals surface area contributed by atoms with Gasteiger partial charge in [0.2, 0.25) is 0 Å². The maximum absolute atomic E-state index is 11.4. The van der Waals surface area contributed by atoms with Gasteiger partial charge in [-0.05, 0) is 38.5 Å². The second-order valence-electron chi connectivity index (χ2n) is 6.05. The van der Waals surface area contributed by atoms with Crippen molar-refractivity contribution in [2.75, 3.05) is 0 Å². The van der Waals surface area contributed by atoms with Crippen LogP contribution < -0.4 is 11.1 Å². The molecule has 0 aromatic carbocycles. The largest absolute Gasteiger partial charge is 0.389 e. The molecule has 122 valence electrons. The Kier molecular flexibility index (Phi) is 4.51. The van der Waals surface area contributed by atoms with Crippen LogP contribution in [-0.2, 0) is 11.3 Å². The molecule has 0 saturated carbocycles. The van der Waals surface area contributed by atoms with Crippen LogP contribution in [0.4, 0.5) is 0 Å². The lowest BCUT2D eigenvalue weighted by Gasteiger charge is -2.16. The molecule has 0 radical (unpaired) electrons. The first-order valence-electron chi connectivity index (χ1n) is 7.17.